The van der Waals surface area contributed by atoms with E-state index in [-0.39, 0.29) is 29.9 Å². The van der Waals surface area contributed by atoms with Crippen LogP contribution in [0.5, 0.6) is 0 Å². The predicted octanol–water partition coefficient (Wildman–Crippen LogP) is 2.72. The number of rotatable bonds is 3. The van der Waals surface area contributed by atoms with Crippen molar-refractivity contribution in [1.82, 2.24) is 4.90 Å². The number of para-hydroxylation sites is 1. The number of nitrogens with zero attached hydrogens (tertiary/aromatic N) is 1. The fourth-order valence-electron chi connectivity index (χ4n) is 6.01. The summed E-state index contributed by atoms with van der Waals surface area (Å²) in [6.07, 6.45) is 5.05. The van der Waals surface area contributed by atoms with E-state index in [9.17, 15) is 14.4 Å². The second-order valence-electron chi connectivity index (χ2n) is 8.83. The Morgan fingerprint density at radius 2 is 1.97 bits per heavy atom. The molecular formula is C24H22N2O5. The van der Waals surface area contributed by atoms with Crippen LogP contribution >= 0.6 is 0 Å². The van der Waals surface area contributed by atoms with E-state index >= 15 is 0 Å². The number of piperidine rings is 1. The molecule has 7 nitrogen and oxygen atoms in total. The van der Waals surface area contributed by atoms with Crippen molar-refractivity contribution in [2.45, 2.75) is 37.1 Å². The maximum Gasteiger partial charge on any atom is 0.231 e. The lowest BCUT2D eigenvalue weighted by molar-refractivity contribution is -0.147. The Bertz CT molecular complexity index is 1090. The summed E-state index contributed by atoms with van der Waals surface area (Å²) in [5.41, 5.74) is -0.297. The molecule has 2 aromatic rings. The number of Topliss-reactive ketones (excluding diaryl/α,β-unsaturated/α-hetero) is 1. The minimum absolute atomic E-state index is 0.0723. The van der Waals surface area contributed by atoms with E-state index in [1.54, 1.807) is 23.3 Å². The first kappa shape index (κ1) is 18.6. The van der Waals surface area contributed by atoms with Crippen molar-refractivity contribution in [2.75, 3.05) is 5.32 Å². The van der Waals surface area contributed by atoms with Crippen LogP contribution in [0.15, 0.2) is 65.3 Å². The number of nitrogens with one attached hydrogen (secondary N) is 1. The summed E-state index contributed by atoms with van der Waals surface area (Å²) >= 11 is 0. The Kier molecular flexibility index (Phi) is 3.84. The third kappa shape index (κ3) is 2.41. The maximum absolute atomic E-state index is 13.8. The summed E-state index contributed by atoms with van der Waals surface area (Å²) in [5, 5.41) is 2.93. The molecule has 0 unspecified atom stereocenters. The lowest BCUT2D eigenvalue weighted by atomic mass is 9.70. The second kappa shape index (κ2) is 6.40. The summed E-state index contributed by atoms with van der Waals surface area (Å²) < 4.78 is 11.9. The highest BCUT2D eigenvalue weighted by Crippen LogP contribution is 2.59. The van der Waals surface area contributed by atoms with E-state index in [0.29, 0.717) is 11.4 Å². The third-order valence-electron chi connectivity index (χ3n) is 7.30. The van der Waals surface area contributed by atoms with Gasteiger partial charge in [0.05, 0.1) is 36.3 Å². The number of furan rings is 1. The zero-order valence-corrected chi connectivity index (χ0v) is 16.9. The quantitative estimate of drug-likeness (QED) is 0.775. The minimum Gasteiger partial charge on any atom is -0.467 e. The molecule has 7 atom stereocenters. The van der Waals surface area contributed by atoms with Crippen LogP contribution in [0.3, 0.4) is 0 Å². The summed E-state index contributed by atoms with van der Waals surface area (Å²) in [5.74, 6) is -1.44. The molecule has 2 bridgehead atoms. The molecule has 2 amide bonds. The van der Waals surface area contributed by atoms with Crippen molar-refractivity contribution < 1.29 is 23.5 Å². The normalized spacial score (nSPS) is 37.8. The second-order valence-corrected chi connectivity index (χ2v) is 8.83. The van der Waals surface area contributed by atoms with Gasteiger partial charge in [0.25, 0.3) is 0 Å². The molecule has 1 N–H and O–H groups in total. The van der Waals surface area contributed by atoms with Crippen LogP contribution in [0.25, 0.3) is 0 Å². The van der Waals surface area contributed by atoms with E-state index in [2.05, 4.69) is 5.32 Å². The third-order valence-corrected chi connectivity index (χ3v) is 7.30. The highest BCUT2D eigenvalue weighted by atomic mass is 16.5. The van der Waals surface area contributed by atoms with Gasteiger partial charge in [-0.1, -0.05) is 37.3 Å². The van der Waals surface area contributed by atoms with E-state index in [4.69, 9.17) is 9.15 Å². The number of fused-ring (bicyclic) bond motifs is 2. The van der Waals surface area contributed by atoms with Crippen molar-refractivity contribution in [3.63, 3.8) is 0 Å². The molecule has 4 aliphatic heterocycles. The Balaban J connectivity index is 1.40. The number of ketones is 1. The van der Waals surface area contributed by atoms with Crippen molar-refractivity contribution >= 4 is 23.3 Å². The molecule has 3 fully saturated rings. The summed E-state index contributed by atoms with van der Waals surface area (Å²) in [6.45, 7) is 1.85. The summed E-state index contributed by atoms with van der Waals surface area (Å²) in [6, 6.07) is 11.8. The van der Waals surface area contributed by atoms with Crippen LogP contribution in [0.4, 0.5) is 5.69 Å². The zero-order chi connectivity index (χ0) is 21.3. The van der Waals surface area contributed by atoms with Gasteiger partial charge in [-0.15, -0.1) is 0 Å². The first-order valence-corrected chi connectivity index (χ1v) is 10.6. The molecule has 0 aliphatic carbocycles. The SMILES string of the molecule is C[C@H]1C(=O)C[C@H](c2ccco2)N2C(=O)[C@@H]3[C@H](C(=O)Nc4ccccc4)[C@H]4C=C[C@@]3(O4)[C@@H]12. The largest absolute Gasteiger partial charge is 0.467 e. The lowest BCUT2D eigenvalue weighted by Gasteiger charge is -2.43. The Hall–Kier alpha value is -3.19. The Labute approximate surface area is 179 Å². The minimum atomic E-state index is -0.971. The number of hydrogen-bond donors (Lipinski definition) is 1. The van der Waals surface area contributed by atoms with Gasteiger partial charge in [-0.25, -0.2) is 0 Å². The number of benzene rings is 1. The first-order chi connectivity index (χ1) is 15.0. The Morgan fingerprint density at radius 3 is 2.71 bits per heavy atom. The number of ether oxygens (including phenoxy) is 1. The molecule has 7 heteroatoms. The highest BCUT2D eigenvalue weighted by Gasteiger charge is 2.74. The van der Waals surface area contributed by atoms with Gasteiger partial charge in [-0.2, -0.15) is 0 Å². The smallest absolute Gasteiger partial charge is 0.231 e. The molecule has 31 heavy (non-hydrogen) atoms. The van der Waals surface area contributed by atoms with E-state index in [0.717, 1.165) is 0 Å². The monoisotopic (exact) mass is 418 g/mol. The van der Waals surface area contributed by atoms with Crippen LogP contribution in [-0.2, 0) is 19.1 Å². The topological polar surface area (TPSA) is 88.9 Å². The van der Waals surface area contributed by atoms with Gasteiger partial charge in [0, 0.05) is 18.0 Å². The van der Waals surface area contributed by atoms with Crippen molar-refractivity contribution in [2.24, 2.45) is 17.8 Å². The number of hydrogen-bond acceptors (Lipinski definition) is 5. The lowest BCUT2D eigenvalue weighted by Crippen LogP contribution is -2.55. The standard InChI is InChI=1S/C24H22N2O5/c1-13-16(27)12-15(17-8-5-11-30-17)26-21(13)24-10-9-18(31-24)19(20(24)23(26)29)22(28)25-14-6-3-2-4-7-14/h2-11,13,15,18-21H,12H2,1H3,(H,25,28)/t13-,15+,18+,19+,20-,21+,24-/m0/s1. The number of carbonyl (C=O) groups excluding carboxylic acids is 3. The highest BCUT2D eigenvalue weighted by molar-refractivity contribution is 6.00. The van der Waals surface area contributed by atoms with E-state index < -0.39 is 35.6 Å². The molecule has 6 rings (SSSR count). The van der Waals surface area contributed by atoms with Crippen LogP contribution in [0, 0.1) is 17.8 Å². The number of amides is 2. The molecule has 0 radical (unpaired) electrons. The zero-order valence-electron chi connectivity index (χ0n) is 16.9. The molecule has 5 heterocycles. The van der Waals surface area contributed by atoms with Crippen LogP contribution in [0.2, 0.25) is 0 Å². The first-order valence-electron chi connectivity index (χ1n) is 10.6. The molecule has 3 saturated heterocycles. The summed E-state index contributed by atoms with van der Waals surface area (Å²) in [4.78, 5) is 41.8. The average Bonchev–Trinajstić information content (AvgIpc) is 3.54. The predicted molar refractivity (Wildman–Crippen MR) is 110 cm³/mol. The van der Waals surface area contributed by atoms with Gasteiger partial charge in [-0.3, -0.25) is 14.4 Å². The van der Waals surface area contributed by atoms with Crippen molar-refractivity contribution in [1.29, 1.82) is 0 Å². The van der Waals surface area contributed by atoms with Crippen LogP contribution < -0.4 is 5.32 Å². The molecule has 158 valence electrons. The maximum atomic E-state index is 13.8. The van der Waals surface area contributed by atoms with Crippen LogP contribution in [0.1, 0.15) is 25.1 Å². The summed E-state index contributed by atoms with van der Waals surface area (Å²) in [7, 11) is 0. The van der Waals surface area contributed by atoms with Gasteiger partial charge in [0.1, 0.15) is 17.1 Å². The van der Waals surface area contributed by atoms with Gasteiger partial charge >= 0.3 is 0 Å². The van der Waals surface area contributed by atoms with Crippen molar-refractivity contribution in [3.8, 4) is 0 Å². The van der Waals surface area contributed by atoms with Crippen LogP contribution in [-0.4, -0.2) is 40.2 Å². The fraction of sp³-hybridized carbons (Fsp3) is 0.375. The molecule has 1 aromatic carbocycles. The molecule has 1 aromatic heterocycles. The number of anilines is 1. The van der Waals surface area contributed by atoms with Crippen molar-refractivity contribution in [3.05, 3.63) is 66.6 Å². The molecule has 0 saturated carbocycles. The van der Waals surface area contributed by atoms with Gasteiger partial charge in [-0.05, 0) is 24.3 Å². The molecular weight excluding hydrogens is 396 g/mol. The van der Waals surface area contributed by atoms with E-state index in [1.165, 1.54) is 0 Å². The average molecular weight is 418 g/mol. The molecule has 4 aliphatic rings. The molecule has 1 spiro atoms. The fourth-order valence-corrected chi connectivity index (χ4v) is 6.01. The van der Waals surface area contributed by atoms with Gasteiger partial charge in [0.2, 0.25) is 11.8 Å². The number of carbonyl (C=O) groups is 3. The Morgan fingerprint density at radius 1 is 1.16 bits per heavy atom. The van der Waals surface area contributed by atoms with Gasteiger partial charge in [0.15, 0.2) is 0 Å². The van der Waals surface area contributed by atoms with Gasteiger partial charge < -0.3 is 19.4 Å². The van der Waals surface area contributed by atoms with E-state index in [1.807, 2.05) is 49.4 Å².